The van der Waals surface area contributed by atoms with Crippen molar-refractivity contribution in [2.24, 2.45) is 5.73 Å². The highest BCUT2D eigenvalue weighted by Crippen LogP contribution is 1.86. The van der Waals surface area contributed by atoms with E-state index in [1.165, 1.54) is 6.42 Å². The van der Waals surface area contributed by atoms with Gasteiger partial charge in [0.2, 0.25) is 0 Å². The van der Waals surface area contributed by atoms with Crippen LogP contribution in [0.5, 0.6) is 0 Å². The second-order valence-corrected chi connectivity index (χ2v) is 2.30. The molecule has 2 nitrogen and oxygen atoms in total. The molecule has 0 aliphatic carbocycles. The first-order valence-corrected chi connectivity index (χ1v) is 3.12. The molecule has 0 unspecified atom stereocenters. The highest BCUT2D eigenvalue weighted by atomic mass is 28.1. The Hall–Kier alpha value is 0.137. The summed E-state index contributed by atoms with van der Waals surface area (Å²) in [4.78, 5) is 2.18. The van der Waals surface area contributed by atoms with Crippen molar-refractivity contribution in [1.29, 1.82) is 0 Å². The summed E-state index contributed by atoms with van der Waals surface area (Å²) in [6.45, 7) is 1.99. The first-order valence-electron chi connectivity index (χ1n) is 3.12. The van der Waals surface area contributed by atoms with E-state index >= 15 is 0 Å². The van der Waals surface area contributed by atoms with Gasteiger partial charge in [0.25, 0.3) is 0 Å². The number of rotatable bonds is 4. The van der Waals surface area contributed by atoms with Crippen LogP contribution in [-0.4, -0.2) is 43.1 Å². The van der Waals surface area contributed by atoms with Gasteiger partial charge in [0.05, 0.1) is 0 Å². The molecule has 0 aromatic rings. The summed E-state index contributed by atoms with van der Waals surface area (Å²) >= 11 is 0. The fraction of sp³-hybridized carbons (Fsp3) is 1.00. The lowest BCUT2D eigenvalue weighted by Gasteiger charge is -2.06. The van der Waals surface area contributed by atoms with Gasteiger partial charge in [-0.15, -0.1) is 0 Å². The second kappa shape index (κ2) is 8.14. The maximum absolute atomic E-state index is 5.30. The molecule has 0 amide bonds. The number of hydrogen-bond acceptors (Lipinski definition) is 2. The molecule has 0 aliphatic rings. The molecular formula is C6H20N2Si. The summed E-state index contributed by atoms with van der Waals surface area (Å²) in [5.41, 5.74) is 5.30. The Bertz CT molecular complexity index is 48.3. The van der Waals surface area contributed by atoms with Gasteiger partial charge in [0.1, 0.15) is 0 Å². The standard InChI is InChI=1S/C6H16N2.H4Si/c1-8(2)6-4-3-5-7;/h3-7H2,1-2H3;1H4. The fourth-order valence-electron chi connectivity index (χ4n) is 0.572. The van der Waals surface area contributed by atoms with Crippen molar-refractivity contribution in [3.05, 3.63) is 0 Å². The molecule has 0 spiro atoms. The highest BCUT2D eigenvalue weighted by Gasteiger charge is 1.86. The topological polar surface area (TPSA) is 29.3 Å². The molecule has 0 bridgehead atoms. The molecule has 2 N–H and O–H groups in total. The molecular weight excluding hydrogens is 128 g/mol. The zero-order chi connectivity index (χ0) is 6.41. The molecule has 0 atom stereocenters. The lowest BCUT2D eigenvalue weighted by molar-refractivity contribution is 0.396. The molecule has 9 heavy (non-hydrogen) atoms. The lowest BCUT2D eigenvalue weighted by atomic mass is 10.3. The Labute approximate surface area is 62.4 Å². The summed E-state index contributed by atoms with van der Waals surface area (Å²) in [5, 5.41) is 0. The van der Waals surface area contributed by atoms with Gasteiger partial charge in [-0.25, -0.2) is 0 Å². The maximum atomic E-state index is 5.30. The summed E-state index contributed by atoms with van der Waals surface area (Å²) in [7, 11) is 4.16. The van der Waals surface area contributed by atoms with Crippen LogP contribution in [0.3, 0.4) is 0 Å². The predicted octanol–water partition coefficient (Wildman–Crippen LogP) is -1.16. The molecule has 0 saturated heterocycles. The molecule has 0 radical (unpaired) electrons. The Kier molecular flexibility index (Phi) is 10.7. The van der Waals surface area contributed by atoms with E-state index in [4.69, 9.17) is 5.73 Å². The van der Waals surface area contributed by atoms with Crippen molar-refractivity contribution in [2.45, 2.75) is 12.8 Å². The van der Waals surface area contributed by atoms with Crippen molar-refractivity contribution in [3.63, 3.8) is 0 Å². The zero-order valence-electron chi connectivity index (χ0n) is 5.85. The predicted molar refractivity (Wildman–Crippen MR) is 48.2 cm³/mol. The van der Waals surface area contributed by atoms with Crippen molar-refractivity contribution < 1.29 is 0 Å². The van der Waals surface area contributed by atoms with Crippen molar-refractivity contribution in [1.82, 2.24) is 4.90 Å². The molecule has 0 aliphatic heterocycles. The fourth-order valence-corrected chi connectivity index (χ4v) is 0.572. The molecule has 0 heterocycles. The Morgan fingerprint density at radius 3 is 2.11 bits per heavy atom. The van der Waals surface area contributed by atoms with Gasteiger partial charge in [0.15, 0.2) is 0 Å². The number of nitrogens with two attached hydrogens (primary N) is 1. The van der Waals surface area contributed by atoms with Gasteiger partial charge in [-0.2, -0.15) is 0 Å². The van der Waals surface area contributed by atoms with E-state index in [1.807, 2.05) is 0 Å². The van der Waals surface area contributed by atoms with Crippen molar-refractivity contribution in [3.8, 4) is 0 Å². The van der Waals surface area contributed by atoms with Crippen LogP contribution in [0.2, 0.25) is 0 Å². The van der Waals surface area contributed by atoms with Gasteiger partial charge in [-0.1, -0.05) is 0 Å². The molecule has 3 heteroatoms. The van der Waals surface area contributed by atoms with Gasteiger partial charge in [0, 0.05) is 0 Å². The first-order chi connectivity index (χ1) is 3.77. The van der Waals surface area contributed by atoms with E-state index in [9.17, 15) is 0 Å². The van der Waals surface area contributed by atoms with E-state index in [0.29, 0.717) is 0 Å². The quantitative estimate of drug-likeness (QED) is 0.402. The van der Waals surface area contributed by atoms with Crippen LogP contribution in [0, 0.1) is 0 Å². The van der Waals surface area contributed by atoms with Crippen LogP contribution in [0.4, 0.5) is 0 Å². The average Bonchev–Trinajstić information content (AvgIpc) is 1.66. The SMILES string of the molecule is CN(C)CCCCN.[SiH4]. The normalized spacial score (nSPS) is 9.33. The minimum absolute atomic E-state index is 0. The summed E-state index contributed by atoms with van der Waals surface area (Å²) in [6.07, 6.45) is 2.38. The largest absolute Gasteiger partial charge is 0.330 e. The summed E-state index contributed by atoms with van der Waals surface area (Å²) in [6, 6.07) is 0. The third-order valence-corrected chi connectivity index (χ3v) is 1.06. The molecule has 0 aromatic heterocycles. The van der Waals surface area contributed by atoms with Crippen LogP contribution >= 0.6 is 0 Å². The van der Waals surface area contributed by atoms with Gasteiger partial charge < -0.3 is 10.6 Å². The third kappa shape index (κ3) is 11.6. The Balaban J connectivity index is 0. The monoisotopic (exact) mass is 148 g/mol. The summed E-state index contributed by atoms with van der Waals surface area (Å²) < 4.78 is 0. The van der Waals surface area contributed by atoms with E-state index in [0.717, 1.165) is 19.5 Å². The third-order valence-electron chi connectivity index (χ3n) is 1.06. The van der Waals surface area contributed by atoms with E-state index in [1.54, 1.807) is 0 Å². The van der Waals surface area contributed by atoms with E-state index in [2.05, 4.69) is 19.0 Å². The van der Waals surface area contributed by atoms with Gasteiger partial charge in [-0.05, 0) is 51.0 Å². The number of unbranched alkanes of at least 4 members (excludes halogenated alkanes) is 1. The Morgan fingerprint density at radius 1 is 1.22 bits per heavy atom. The molecule has 0 saturated carbocycles. The van der Waals surface area contributed by atoms with Crippen molar-refractivity contribution in [2.75, 3.05) is 27.2 Å². The van der Waals surface area contributed by atoms with Crippen molar-refractivity contribution >= 4 is 11.0 Å². The zero-order valence-corrected chi connectivity index (χ0v) is 5.85. The minimum atomic E-state index is 0. The van der Waals surface area contributed by atoms with E-state index in [-0.39, 0.29) is 11.0 Å². The molecule has 0 rings (SSSR count). The van der Waals surface area contributed by atoms with Crippen LogP contribution in [0.15, 0.2) is 0 Å². The van der Waals surface area contributed by atoms with Gasteiger partial charge in [-0.3, -0.25) is 0 Å². The highest BCUT2D eigenvalue weighted by molar-refractivity contribution is 5.75. The average molecular weight is 148 g/mol. The van der Waals surface area contributed by atoms with Crippen LogP contribution in [0.25, 0.3) is 0 Å². The maximum Gasteiger partial charge on any atom is -0.00244 e. The molecule has 0 fully saturated rings. The lowest BCUT2D eigenvalue weighted by Crippen LogP contribution is -2.14. The smallest absolute Gasteiger partial charge is 0.00244 e. The summed E-state index contributed by atoms with van der Waals surface area (Å²) in [5.74, 6) is 0. The van der Waals surface area contributed by atoms with Gasteiger partial charge >= 0.3 is 0 Å². The first kappa shape index (κ1) is 11.9. The molecule has 0 aromatic carbocycles. The number of hydrogen-bond donors (Lipinski definition) is 1. The van der Waals surface area contributed by atoms with Crippen LogP contribution in [0.1, 0.15) is 12.8 Å². The second-order valence-electron chi connectivity index (χ2n) is 2.30. The molecule has 58 valence electrons. The van der Waals surface area contributed by atoms with E-state index < -0.39 is 0 Å². The minimum Gasteiger partial charge on any atom is -0.330 e. The Morgan fingerprint density at radius 2 is 1.78 bits per heavy atom. The number of nitrogens with zero attached hydrogens (tertiary/aromatic N) is 1. The van der Waals surface area contributed by atoms with Crippen LogP contribution < -0.4 is 5.73 Å². The van der Waals surface area contributed by atoms with Crippen LogP contribution in [-0.2, 0) is 0 Å².